The number of alkyl halides is 3. The van der Waals surface area contributed by atoms with E-state index >= 15 is 0 Å². The standard InChI is InChI=1S/C18H21F3N4/c1-11-15(24-10-23-11)9-25-16-5-4-14(18(19,20)21)6-13(16)7-22-8-17(25)12-2-3-12/h4-6,10,12,17,22H,2-3,7-9H2,1H3,(H,23,24). The van der Waals surface area contributed by atoms with Crippen LogP contribution in [0.4, 0.5) is 18.9 Å². The number of H-pyrrole nitrogens is 1. The Kier molecular flexibility index (Phi) is 3.98. The first-order valence-corrected chi connectivity index (χ1v) is 8.60. The number of nitrogens with zero attached hydrogens (tertiary/aromatic N) is 2. The van der Waals surface area contributed by atoms with Gasteiger partial charge >= 0.3 is 6.18 Å². The van der Waals surface area contributed by atoms with Crippen LogP contribution in [-0.2, 0) is 19.3 Å². The summed E-state index contributed by atoms with van der Waals surface area (Å²) in [7, 11) is 0. The van der Waals surface area contributed by atoms with E-state index in [1.54, 1.807) is 12.4 Å². The van der Waals surface area contributed by atoms with E-state index in [4.69, 9.17) is 0 Å². The second-order valence-corrected chi connectivity index (χ2v) is 6.98. The van der Waals surface area contributed by atoms with E-state index < -0.39 is 11.7 Å². The zero-order chi connectivity index (χ0) is 17.6. The van der Waals surface area contributed by atoms with Gasteiger partial charge in [0.25, 0.3) is 0 Å². The van der Waals surface area contributed by atoms with E-state index in [1.807, 2.05) is 6.92 Å². The van der Waals surface area contributed by atoms with E-state index in [9.17, 15) is 13.2 Å². The van der Waals surface area contributed by atoms with Crippen LogP contribution in [0.5, 0.6) is 0 Å². The van der Waals surface area contributed by atoms with Crippen molar-refractivity contribution in [1.29, 1.82) is 0 Å². The van der Waals surface area contributed by atoms with Crippen LogP contribution in [0.25, 0.3) is 0 Å². The molecule has 1 aromatic carbocycles. The number of fused-ring (bicyclic) bond motifs is 1. The molecule has 2 heterocycles. The zero-order valence-corrected chi connectivity index (χ0v) is 14.0. The predicted molar refractivity (Wildman–Crippen MR) is 89.2 cm³/mol. The molecule has 25 heavy (non-hydrogen) atoms. The lowest BCUT2D eigenvalue weighted by atomic mass is 10.0. The molecule has 0 saturated heterocycles. The van der Waals surface area contributed by atoms with Crippen molar-refractivity contribution in [3.8, 4) is 0 Å². The minimum Gasteiger partial charge on any atom is -0.361 e. The second kappa shape index (κ2) is 6.05. The van der Waals surface area contributed by atoms with Crippen LogP contribution < -0.4 is 10.2 Å². The Bertz CT molecular complexity index is 764. The fraction of sp³-hybridized carbons (Fsp3) is 0.500. The molecule has 1 aliphatic heterocycles. The maximum Gasteiger partial charge on any atom is 0.416 e. The highest BCUT2D eigenvalue weighted by Crippen LogP contribution is 2.41. The van der Waals surface area contributed by atoms with Gasteiger partial charge in [0.05, 0.1) is 24.1 Å². The summed E-state index contributed by atoms with van der Waals surface area (Å²) in [6.45, 7) is 3.82. The first kappa shape index (κ1) is 16.4. The molecule has 0 spiro atoms. The number of aromatic amines is 1. The molecule has 1 aliphatic carbocycles. The molecule has 1 saturated carbocycles. The Morgan fingerprint density at radius 2 is 2.08 bits per heavy atom. The maximum absolute atomic E-state index is 13.1. The fourth-order valence-electron chi connectivity index (χ4n) is 3.64. The molecule has 134 valence electrons. The number of aryl methyl sites for hydroxylation is 1. The molecule has 7 heteroatoms. The quantitative estimate of drug-likeness (QED) is 0.889. The third-order valence-electron chi connectivity index (χ3n) is 5.21. The average Bonchev–Trinajstić information content (AvgIpc) is 3.33. The second-order valence-electron chi connectivity index (χ2n) is 6.98. The first-order valence-electron chi connectivity index (χ1n) is 8.60. The van der Waals surface area contributed by atoms with Crippen LogP contribution >= 0.6 is 0 Å². The number of anilines is 1. The summed E-state index contributed by atoms with van der Waals surface area (Å²) in [4.78, 5) is 9.72. The predicted octanol–water partition coefficient (Wildman–Crippen LogP) is 3.63. The van der Waals surface area contributed by atoms with Gasteiger partial charge in [-0.2, -0.15) is 13.2 Å². The summed E-state index contributed by atoms with van der Waals surface area (Å²) >= 11 is 0. The smallest absolute Gasteiger partial charge is 0.361 e. The highest BCUT2D eigenvalue weighted by molar-refractivity contribution is 5.57. The molecule has 4 nitrogen and oxygen atoms in total. The van der Waals surface area contributed by atoms with Crippen molar-refractivity contribution in [3.05, 3.63) is 47.0 Å². The number of hydrogen-bond acceptors (Lipinski definition) is 3. The van der Waals surface area contributed by atoms with E-state index in [2.05, 4.69) is 20.2 Å². The molecule has 0 amide bonds. The number of benzene rings is 1. The van der Waals surface area contributed by atoms with E-state index in [-0.39, 0.29) is 6.04 Å². The van der Waals surface area contributed by atoms with Gasteiger partial charge in [-0.25, -0.2) is 4.98 Å². The summed E-state index contributed by atoms with van der Waals surface area (Å²) in [5, 5.41) is 3.34. The Morgan fingerprint density at radius 3 is 2.72 bits per heavy atom. The van der Waals surface area contributed by atoms with Crippen molar-refractivity contribution >= 4 is 5.69 Å². The minimum absolute atomic E-state index is 0.286. The van der Waals surface area contributed by atoms with Crippen molar-refractivity contribution in [2.45, 2.75) is 45.1 Å². The van der Waals surface area contributed by atoms with Crippen molar-refractivity contribution in [1.82, 2.24) is 15.3 Å². The van der Waals surface area contributed by atoms with Crippen molar-refractivity contribution in [2.75, 3.05) is 11.4 Å². The molecule has 1 atom stereocenters. The number of imidazole rings is 1. The molecule has 2 N–H and O–H groups in total. The van der Waals surface area contributed by atoms with Gasteiger partial charge in [-0.3, -0.25) is 0 Å². The highest BCUT2D eigenvalue weighted by Gasteiger charge is 2.38. The topological polar surface area (TPSA) is 44.0 Å². The van der Waals surface area contributed by atoms with Crippen molar-refractivity contribution in [2.24, 2.45) is 5.92 Å². The Hall–Kier alpha value is -2.02. The van der Waals surface area contributed by atoms with Crippen LogP contribution in [0.1, 0.15) is 35.4 Å². The number of aromatic nitrogens is 2. The van der Waals surface area contributed by atoms with E-state index in [0.29, 0.717) is 24.6 Å². The maximum atomic E-state index is 13.1. The Morgan fingerprint density at radius 1 is 1.28 bits per heavy atom. The first-order chi connectivity index (χ1) is 11.9. The van der Waals surface area contributed by atoms with Gasteiger partial charge < -0.3 is 15.2 Å². The molecule has 1 unspecified atom stereocenters. The van der Waals surface area contributed by atoms with Crippen molar-refractivity contribution in [3.63, 3.8) is 0 Å². The molecule has 1 aromatic heterocycles. The third kappa shape index (κ3) is 3.25. The monoisotopic (exact) mass is 350 g/mol. The zero-order valence-electron chi connectivity index (χ0n) is 14.0. The van der Waals surface area contributed by atoms with Gasteiger partial charge in [0, 0.05) is 30.5 Å². The molecule has 2 aliphatic rings. The Labute approximate surface area is 144 Å². The SMILES string of the molecule is Cc1[nH]cnc1CN1c2ccc(C(F)(F)F)cc2CNCC1C1CC1. The summed E-state index contributed by atoms with van der Waals surface area (Å²) < 4.78 is 39.2. The Balaban J connectivity index is 1.74. The van der Waals surface area contributed by atoms with Gasteiger partial charge in [-0.1, -0.05) is 0 Å². The van der Waals surface area contributed by atoms with E-state index in [0.717, 1.165) is 23.6 Å². The van der Waals surface area contributed by atoms with Gasteiger partial charge in [-0.15, -0.1) is 0 Å². The summed E-state index contributed by atoms with van der Waals surface area (Å²) in [5.74, 6) is 0.597. The number of rotatable bonds is 3. The molecule has 2 aromatic rings. The van der Waals surface area contributed by atoms with Crippen LogP contribution in [0.15, 0.2) is 24.5 Å². The lowest BCUT2D eigenvalue weighted by molar-refractivity contribution is -0.137. The third-order valence-corrected chi connectivity index (χ3v) is 5.21. The number of hydrogen-bond donors (Lipinski definition) is 2. The summed E-state index contributed by atoms with van der Waals surface area (Å²) in [5.41, 5.74) is 2.94. The number of nitrogens with one attached hydrogen (secondary N) is 2. The highest BCUT2D eigenvalue weighted by atomic mass is 19.4. The van der Waals surface area contributed by atoms with E-state index in [1.165, 1.54) is 25.0 Å². The molecule has 0 bridgehead atoms. The average molecular weight is 350 g/mol. The molecular formula is C18H21F3N4. The van der Waals surface area contributed by atoms with Gasteiger partial charge in [0.1, 0.15) is 0 Å². The lowest BCUT2D eigenvalue weighted by Gasteiger charge is -2.33. The van der Waals surface area contributed by atoms with Gasteiger partial charge in [-0.05, 0) is 49.4 Å². The summed E-state index contributed by atoms with van der Waals surface area (Å²) in [6, 6.07) is 4.39. The largest absolute Gasteiger partial charge is 0.416 e. The van der Waals surface area contributed by atoms with Crippen LogP contribution in [0, 0.1) is 12.8 Å². The summed E-state index contributed by atoms with van der Waals surface area (Å²) in [6.07, 6.45) is -0.294. The lowest BCUT2D eigenvalue weighted by Crippen LogP contribution is -2.41. The van der Waals surface area contributed by atoms with Gasteiger partial charge in [0.15, 0.2) is 0 Å². The normalized spacial score (nSPS) is 21.1. The number of halogens is 3. The van der Waals surface area contributed by atoms with Gasteiger partial charge in [0.2, 0.25) is 0 Å². The van der Waals surface area contributed by atoms with Crippen molar-refractivity contribution < 1.29 is 13.2 Å². The molecule has 0 radical (unpaired) electrons. The minimum atomic E-state index is -4.32. The fourth-order valence-corrected chi connectivity index (χ4v) is 3.64. The molecule has 4 rings (SSSR count). The molecule has 1 fully saturated rings. The molecular weight excluding hydrogens is 329 g/mol. The van der Waals surface area contributed by atoms with Crippen LogP contribution in [-0.4, -0.2) is 22.6 Å². The van der Waals surface area contributed by atoms with Crippen LogP contribution in [0.2, 0.25) is 0 Å². The van der Waals surface area contributed by atoms with Crippen LogP contribution in [0.3, 0.4) is 0 Å².